The molecule has 0 aliphatic heterocycles. The molecular weight excluding hydrogens is 314 g/mol. The van der Waals surface area contributed by atoms with Crippen molar-refractivity contribution in [2.75, 3.05) is 10.6 Å². The van der Waals surface area contributed by atoms with Gasteiger partial charge in [0, 0.05) is 11.4 Å². The summed E-state index contributed by atoms with van der Waals surface area (Å²) in [4.78, 5) is 25.2. The summed E-state index contributed by atoms with van der Waals surface area (Å²) in [6.07, 6.45) is 0. The van der Waals surface area contributed by atoms with Crippen LogP contribution in [-0.2, 0) is 9.59 Å². The Labute approximate surface area is 147 Å². The number of hydrogen-bond donors (Lipinski definition) is 2. The lowest BCUT2D eigenvalue weighted by Gasteiger charge is -2.23. The predicted molar refractivity (Wildman–Crippen MR) is 98.1 cm³/mol. The van der Waals surface area contributed by atoms with Crippen LogP contribution in [0.2, 0.25) is 0 Å². The molecule has 0 radical (unpaired) electrons. The van der Waals surface area contributed by atoms with Crippen LogP contribution in [0.3, 0.4) is 0 Å². The van der Waals surface area contributed by atoms with Crippen LogP contribution in [0.1, 0.15) is 30.5 Å². The molecule has 0 aliphatic carbocycles. The zero-order valence-electron chi connectivity index (χ0n) is 14.8. The number of nitriles is 1. The fourth-order valence-electron chi connectivity index (χ4n) is 2.22. The molecule has 2 aromatic rings. The Morgan fingerprint density at radius 1 is 1.00 bits per heavy atom. The van der Waals surface area contributed by atoms with Crippen molar-refractivity contribution in [1.82, 2.24) is 0 Å². The minimum Gasteiger partial charge on any atom is -0.325 e. The SMILES string of the molecule is Cc1cccc(NC(=O)C(C)(C)C(=O)Nc2cccc(C#N)c2)c1C. The van der Waals surface area contributed by atoms with Crippen molar-refractivity contribution in [3.63, 3.8) is 0 Å². The number of nitrogens with zero attached hydrogens (tertiary/aromatic N) is 1. The number of hydrogen-bond acceptors (Lipinski definition) is 3. The Kier molecular flexibility index (Phi) is 5.23. The lowest BCUT2D eigenvalue weighted by atomic mass is 9.90. The summed E-state index contributed by atoms with van der Waals surface area (Å²) in [6.45, 7) is 7.02. The van der Waals surface area contributed by atoms with Gasteiger partial charge >= 0.3 is 0 Å². The highest BCUT2D eigenvalue weighted by molar-refractivity contribution is 6.14. The molecule has 5 nitrogen and oxygen atoms in total. The Bertz CT molecular complexity index is 863. The van der Waals surface area contributed by atoms with Crippen molar-refractivity contribution in [3.05, 3.63) is 59.2 Å². The van der Waals surface area contributed by atoms with Crippen LogP contribution in [0.4, 0.5) is 11.4 Å². The van der Waals surface area contributed by atoms with Gasteiger partial charge in [0.05, 0.1) is 11.6 Å². The molecule has 2 amide bonds. The molecule has 2 N–H and O–H groups in total. The summed E-state index contributed by atoms with van der Waals surface area (Å²) in [5.41, 5.74) is 2.37. The molecule has 0 atom stereocenters. The fourth-order valence-corrected chi connectivity index (χ4v) is 2.22. The number of aryl methyl sites for hydroxylation is 1. The number of rotatable bonds is 4. The van der Waals surface area contributed by atoms with Crippen molar-refractivity contribution < 1.29 is 9.59 Å². The van der Waals surface area contributed by atoms with Gasteiger partial charge in [-0.1, -0.05) is 18.2 Å². The van der Waals surface area contributed by atoms with E-state index < -0.39 is 17.2 Å². The van der Waals surface area contributed by atoms with Gasteiger partial charge in [-0.05, 0) is 63.1 Å². The van der Waals surface area contributed by atoms with Crippen molar-refractivity contribution in [2.24, 2.45) is 5.41 Å². The van der Waals surface area contributed by atoms with Crippen molar-refractivity contribution in [1.29, 1.82) is 5.26 Å². The van der Waals surface area contributed by atoms with Gasteiger partial charge in [0.25, 0.3) is 0 Å². The van der Waals surface area contributed by atoms with E-state index in [-0.39, 0.29) is 0 Å². The molecule has 0 saturated heterocycles. The van der Waals surface area contributed by atoms with Gasteiger partial charge in [0.2, 0.25) is 11.8 Å². The quantitative estimate of drug-likeness (QED) is 0.834. The third-order valence-electron chi connectivity index (χ3n) is 4.24. The van der Waals surface area contributed by atoms with Crippen LogP contribution in [0.5, 0.6) is 0 Å². The van der Waals surface area contributed by atoms with Gasteiger partial charge in [0.15, 0.2) is 0 Å². The van der Waals surface area contributed by atoms with E-state index in [0.29, 0.717) is 16.9 Å². The normalized spacial score (nSPS) is 10.7. The Balaban J connectivity index is 2.15. The van der Waals surface area contributed by atoms with E-state index >= 15 is 0 Å². The third kappa shape index (κ3) is 4.04. The van der Waals surface area contributed by atoms with Gasteiger partial charge in [-0.15, -0.1) is 0 Å². The van der Waals surface area contributed by atoms with E-state index in [0.717, 1.165) is 11.1 Å². The second kappa shape index (κ2) is 7.18. The Hall–Kier alpha value is -3.13. The Morgan fingerprint density at radius 3 is 2.32 bits per heavy atom. The second-order valence-corrected chi connectivity index (χ2v) is 6.47. The molecule has 128 valence electrons. The molecule has 0 bridgehead atoms. The first kappa shape index (κ1) is 18.2. The van der Waals surface area contributed by atoms with Crippen molar-refractivity contribution >= 4 is 23.2 Å². The molecule has 2 rings (SSSR count). The van der Waals surface area contributed by atoms with Crippen LogP contribution < -0.4 is 10.6 Å². The summed E-state index contributed by atoms with van der Waals surface area (Å²) < 4.78 is 0. The second-order valence-electron chi connectivity index (χ2n) is 6.47. The Morgan fingerprint density at radius 2 is 1.64 bits per heavy atom. The average molecular weight is 335 g/mol. The highest BCUT2D eigenvalue weighted by Crippen LogP contribution is 2.24. The third-order valence-corrected chi connectivity index (χ3v) is 4.24. The van der Waals surface area contributed by atoms with E-state index in [1.165, 1.54) is 0 Å². The first-order chi connectivity index (χ1) is 11.8. The van der Waals surface area contributed by atoms with Gasteiger partial charge in [-0.25, -0.2) is 0 Å². The van der Waals surface area contributed by atoms with E-state index in [1.54, 1.807) is 38.1 Å². The molecule has 2 aromatic carbocycles. The summed E-state index contributed by atoms with van der Waals surface area (Å²) in [7, 11) is 0. The standard InChI is InChI=1S/C20H21N3O2/c1-13-7-5-10-17(14(13)2)23-19(25)20(3,4)18(24)22-16-9-6-8-15(11-16)12-21/h5-11H,1-4H3,(H,22,24)(H,23,25). The number of carbonyl (C=O) groups excluding carboxylic acids is 2. The largest absolute Gasteiger partial charge is 0.325 e. The molecular formula is C20H21N3O2. The maximum Gasteiger partial charge on any atom is 0.239 e. The van der Waals surface area contributed by atoms with E-state index in [9.17, 15) is 9.59 Å². The number of nitrogens with one attached hydrogen (secondary N) is 2. The van der Waals surface area contributed by atoms with E-state index in [1.807, 2.05) is 38.1 Å². The minimum atomic E-state index is -1.28. The van der Waals surface area contributed by atoms with Crippen LogP contribution in [0, 0.1) is 30.6 Å². The maximum absolute atomic E-state index is 12.6. The van der Waals surface area contributed by atoms with Gasteiger partial charge in [-0.2, -0.15) is 5.26 Å². The molecule has 0 aromatic heterocycles. The number of benzene rings is 2. The summed E-state index contributed by atoms with van der Waals surface area (Å²) in [6, 6.07) is 14.2. The molecule has 25 heavy (non-hydrogen) atoms. The zero-order chi connectivity index (χ0) is 18.6. The fraction of sp³-hybridized carbons (Fsp3) is 0.250. The van der Waals surface area contributed by atoms with Crippen molar-refractivity contribution in [3.8, 4) is 6.07 Å². The summed E-state index contributed by atoms with van der Waals surface area (Å²) in [5, 5.41) is 14.5. The van der Waals surface area contributed by atoms with E-state index in [4.69, 9.17) is 5.26 Å². The lowest BCUT2D eigenvalue weighted by molar-refractivity contribution is -0.135. The maximum atomic E-state index is 12.6. The molecule has 5 heteroatoms. The van der Waals surface area contributed by atoms with E-state index in [2.05, 4.69) is 10.6 Å². The average Bonchev–Trinajstić information content (AvgIpc) is 2.59. The van der Waals surface area contributed by atoms with Crippen molar-refractivity contribution in [2.45, 2.75) is 27.7 Å². The molecule has 0 saturated carbocycles. The molecule has 0 fully saturated rings. The summed E-state index contributed by atoms with van der Waals surface area (Å²) >= 11 is 0. The van der Waals surface area contributed by atoms with Gasteiger partial charge < -0.3 is 10.6 Å². The molecule has 0 unspecified atom stereocenters. The minimum absolute atomic E-state index is 0.393. The number of amides is 2. The van der Waals surface area contributed by atoms with Gasteiger partial charge in [0.1, 0.15) is 5.41 Å². The summed E-state index contributed by atoms with van der Waals surface area (Å²) in [5.74, 6) is -0.833. The van der Waals surface area contributed by atoms with Crippen LogP contribution in [-0.4, -0.2) is 11.8 Å². The lowest BCUT2D eigenvalue weighted by Crippen LogP contribution is -2.41. The highest BCUT2D eigenvalue weighted by Gasteiger charge is 2.36. The molecule has 0 aliphatic rings. The monoisotopic (exact) mass is 335 g/mol. The molecule has 0 spiro atoms. The van der Waals surface area contributed by atoms with Crippen LogP contribution in [0.15, 0.2) is 42.5 Å². The number of carbonyl (C=O) groups is 2. The molecule has 0 heterocycles. The van der Waals surface area contributed by atoms with Crippen LogP contribution >= 0.6 is 0 Å². The van der Waals surface area contributed by atoms with Crippen LogP contribution in [0.25, 0.3) is 0 Å². The predicted octanol–water partition coefficient (Wildman–Crippen LogP) is 3.78. The zero-order valence-corrected chi connectivity index (χ0v) is 14.8. The first-order valence-electron chi connectivity index (χ1n) is 7.95. The first-order valence-corrected chi connectivity index (χ1v) is 7.95. The highest BCUT2D eigenvalue weighted by atomic mass is 16.2. The van der Waals surface area contributed by atoms with Gasteiger partial charge in [-0.3, -0.25) is 9.59 Å². The number of anilines is 2. The topological polar surface area (TPSA) is 82.0 Å². The smallest absolute Gasteiger partial charge is 0.239 e.